The van der Waals surface area contributed by atoms with Crippen molar-refractivity contribution < 1.29 is 19.9 Å². The molecule has 5 N–H and O–H groups in total. The van der Waals surface area contributed by atoms with Gasteiger partial charge in [-0.2, -0.15) is 0 Å². The quantitative estimate of drug-likeness (QED) is 0.435. The fraction of sp³-hybridized carbons (Fsp3) is 0.929. The number of hydrogen-bond acceptors (Lipinski definition) is 5. The van der Waals surface area contributed by atoms with Gasteiger partial charge in [0.15, 0.2) is 0 Å². The lowest BCUT2D eigenvalue weighted by Gasteiger charge is -2.27. The molecule has 6 nitrogen and oxygen atoms in total. The summed E-state index contributed by atoms with van der Waals surface area (Å²) in [6, 6.07) is -0.818. The molecule has 0 aliphatic carbocycles. The molecule has 0 amide bonds. The Hall–Kier alpha value is -0.625. The van der Waals surface area contributed by atoms with Crippen molar-refractivity contribution in [3.63, 3.8) is 0 Å². The van der Waals surface area contributed by atoms with Crippen LogP contribution in [0.3, 0.4) is 0 Å². The first kappa shape index (κ1) is 18.4. The Morgan fingerprint density at radius 3 is 2.38 bits per heavy atom. The zero-order chi connectivity index (χ0) is 15.8. The summed E-state index contributed by atoms with van der Waals surface area (Å²) in [6.07, 6.45) is 5.10. The van der Waals surface area contributed by atoms with Gasteiger partial charge >= 0.3 is 13.1 Å². The van der Waals surface area contributed by atoms with Crippen LogP contribution >= 0.6 is 0 Å². The molecule has 1 rings (SSSR count). The van der Waals surface area contributed by atoms with E-state index in [-0.39, 0.29) is 5.92 Å². The van der Waals surface area contributed by atoms with E-state index in [2.05, 4.69) is 11.8 Å². The van der Waals surface area contributed by atoms with Gasteiger partial charge in [-0.05, 0) is 50.5 Å². The monoisotopic (exact) mass is 300 g/mol. The SMILES string of the molecule is CC(CCB(O)O)CCC(CN1CCCC1)C(N)C(=O)O. The van der Waals surface area contributed by atoms with Crippen LogP contribution in [0.4, 0.5) is 0 Å². The molecule has 7 heteroatoms. The zero-order valence-corrected chi connectivity index (χ0v) is 12.9. The highest BCUT2D eigenvalue weighted by Crippen LogP contribution is 2.22. The Labute approximate surface area is 127 Å². The van der Waals surface area contributed by atoms with Crippen molar-refractivity contribution in [1.82, 2.24) is 4.90 Å². The van der Waals surface area contributed by atoms with Gasteiger partial charge in [0.05, 0.1) is 0 Å². The van der Waals surface area contributed by atoms with Gasteiger partial charge in [0, 0.05) is 6.54 Å². The number of nitrogens with zero attached hydrogens (tertiary/aromatic N) is 1. The van der Waals surface area contributed by atoms with Crippen LogP contribution < -0.4 is 5.73 Å². The van der Waals surface area contributed by atoms with Crippen LogP contribution in [0.2, 0.25) is 6.32 Å². The average molecular weight is 300 g/mol. The van der Waals surface area contributed by atoms with Crippen LogP contribution in [0.15, 0.2) is 0 Å². The van der Waals surface area contributed by atoms with E-state index in [9.17, 15) is 4.79 Å². The summed E-state index contributed by atoms with van der Waals surface area (Å²) in [7, 11) is -1.26. The van der Waals surface area contributed by atoms with Crippen molar-refractivity contribution >= 4 is 13.1 Å². The second-order valence-electron chi connectivity index (χ2n) is 6.37. The van der Waals surface area contributed by atoms with E-state index in [1.54, 1.807) is 0 Å². The molecule has 1 heterocycles. The molecule has 21 heavy (non-hydrogen) atoms. The van der Waals surface area contributed by atoms with Crippen molar-refractivity contribution in [3.8, 4) is 0 Å². The van der Waals surface area contributed by atoms with Crippen LogP contribution in [-0.2, 0) is 4.79 Å². The molecule has 0 aromatic heterocycles. The van der Waals surface area contributed by atoms with Crippen LogP contribution in [0, 0.1) is 11.8 Å². The smallest absolute Gasteiger partial charge is 0.451 e. The lowest BCUT2D eigenvalue weighted by molar-refractivity contribution is -0.140. The predicted molar refractivity (Wildman–Crippen MR) is 82.8 cm³/mol. The van der Waals surface area contributed by atoms with E-state index in [0.29, 0.717) is 12.2 Å². The molecule has 0 spiro atoms. The Morgan fingerprint density at radius 2 is 1.86 bits per heavy atom. The average Bonchev–Trinajstić information content (AvgIpc) is 2.93. The highest BCUT2D eigenvalue weighted by atomic mass is 16.4. The molecule has 3 atom stereocenters. The highest BCUT2D eigenvalue weighted by Gasteiger charge is 2.27. The maximum atomic E-state index is 11.2. The van der Waals surface area contributed by atoms with Gasteiger partial charge in [-0.15, -0.1) is 0 Å². The van der Waals surface area contributed by atoms with Crippen molar-refractivity contribution in [2.45, 2.75) is 51.4 Å². The molecule has 3 unspecified atom stereocenters. The van der Waals surface area contributed by atoms with Crippen LogP contribution in [0.1, 0.15) is 39.0 Å². The number of rotatable bonds is 10. The Kier molecular flexibility index (Phi) is 8.25. The minimum absolute atomic E-state index is 0.0397. The second kappa shape index (κ2) is 9.40. The molecular formula is C14H29BN2O4. The van der Waals surface area contributed by atoms with Crippen LogP contribution in [-0.4, -0.2) is 58.8 Å². The molecule has 0 saturated carbocycles. The summed E-state index contributed by atoms with van der Waals surface area (Å²) in [5, 5.41) is 26.9. The Morgan fingerprint density at radius 1 is 1.24 bits per heavy atom. The van der Waals surface area contributed by atoms with Gasteiger partial charge in [0.2, 0.25) is 0 Å². The molecule has 1 fully saturated rings. The fourth-order valence-corrected chi connectivity index (χ4v) is 2.96. The van der Waals surface area contributed by atoms with Crippen molar-refractivity contribution in [3.05, 3.63) is 0 Å². The van der Waals surface area contributed by atoms with Crippen molar-refractivity contribution in [2.24, 2.45) is 17.6 Å². The third kappa shape index (κ3) is 7.26. The van der Waals surface area contributed by atoms with Gasteiger partial charge < -0.3 is 25.8 Å². The first-order valence-corrected chi connectivity index (χ1v) is 7.97. The normalized spacial score (nSPS) is 20.2. The number of hydrogen-bond donors (Lipinski definition) is 4. The summed E-state index contributed by atoms with van der Waals surface area (Å²) in [4.78, 5) is 13.5. The summed E-state index contributed by atoms with van der Waals surface area (Å²) in [5.74, 6) is -0.631. The maximum Gasteiger partial charge on any atom is 0.451 e. The number of carboxylic acid groups (broad SMARTS) is 1. The number of carbonyl (C=O) groups is 1. The van der Waals surface area contributed by atoms with Crippen molar-refractivity contribution in [2.75, 3.05) is 19.6 Å². The van der Waals surface area contributed by atoms with Gasteiger partial charge in [-0.25, -0.2) is 0 Å². The third-order valence-electron chi connectivity index (χ3n) is 4.43. The molecule has 0 aromatic rings. The van der Waals surface area contributed by atoms with E-state index in [1.807, 2.05) is 0 Å². The van der Waals surface area contributed by atoms with E-state index in [4.69, 9.17) is 20.9 Å². The number of aliphatic carboxylic acids is 1. The van der Waals surface area contributed by atoms with E-state index >= 15 is 0 Å². The molecule has 1 aliphatic rings. The molecular weight excluding hydrogens is 271 g/mol. The lowest BCUT2D eigenvalue weighted by atomic mass is 9.79. The molecule has 0 bridgehead atoms. The second-order valence-corrected chi connectivity index (χ2v) is 6.37. The standard InChI is InChI=1S/C14H29BN2O4/c1-11(6-7-15(20)21)4-5-12(13(16)14(18)19)10-17-8-2-3-9-17/h11-13,20-21H,2-10,16H2,1H3,(H,18,19). The third-order valence-corrected chi connectivity index (χ3v) is 4.43. The summed E-state index contributed by atoms with van der Waals surface area (Å²) in [6.45, 7) is 4.88. The highest BCUT2D eigenvalue weighted by molar-refractivity contribution is 6.40. The maximum absolute atomic E-state index is 11.2. The first-order valence-electron chi connectivity index (χ1n) is 7.97. The number of carboxylic acids is 1. The fourth-order valence-electron chi connectivity index (χ4n) is 2.96. The summed E-state index contributed by atoms with van der Waals surface area (Å²) >= 11 is 0. The van der Waals surface area contributed by atoms with Gasteiger partial charge in [0.25, 0.3) is 0 Å². The molecule has 1 saturated heterocycles. The molecule has 0 aromatic carbocycles. The van der Waals surface area contributed by atoms with Gasteiger partial charge in [-0.3, -0.25) is 4.79 Å². The van der Waals surface area contributed by atoms with Gasteiger partial charge in [0.1, 0.15) is 6.04 Å². The number of likely N-dealkylation sites (tertiary alicyclic amines) is 1. The molecule has 0 radical (unpaired) electrons. The van der Waals surface area contributed by atoms with E-state index in [1.165, 1.54) is 12.8 Å². The lowest BCUT2D eigenvalue weighted by Crippen LogP contribution is -2.43. The van der Waals surface area contributed by atoms with Crippen LogP contribution in [0.5, 0.6) is 0 Å². The first-order chi connectivity index (χ1) is 9.90. The Bertz CT molecular complexity index is 311. The van der Waals surface area contributed by atoms with E-state index in [0.717, 1.165) is 38.9 Å². The minimum atomic E-state index is -1.26. The Balaban J connectivity index is 2.42. The topological polar surface area (TPSA) is 107 Å². The van der Waals surface area contributed by atoms with E-state index < -0.39 is 19.1 Å². The van der Waals surface area contributed by atoms with Gasteiger partial charge in [-0.1, -0.05) is 19.8 Å². The zero-order valence-electron chi connectivity index (χ0n) is 12.9. The largest absolute Gasteiger partial charge is 0.480 e. The molecule has 122 valence electrons. The summed E-state index contributed by atoms with van der Waals surface area (Å²) < 4.78 is 0. The minimum Gasteiger partial charge on any atom is -0.480 e. The van der Waals surface area contributed by atoms with Crippen molar-refractivity contribution in [1.29, 1.82) is 0 Å². The molecule has 1 aliphatic heterocycles. The predicted octanol–water partition coefficient (Wildman–Crippen LogP) is 0.390. The van der Waals surface area contributed by atoms with Crippen LogP contribution in [0.25, 0.3) is 0 Å². The summed E-state index contributed by atoms with van der Waals surface area (Å²) in [5.41, 5.74) is 5.84. The number of nitrogens with two attached hydrogens (primary N) is 1.